The Bertz CT molecular complexity index is 804. The van der Waals surface area contributed by atoms with Gasteiger partial charge in [0.05, 0.1) is 5.56 Å². The van der Waals surface area contributed by atoms with Gasteiger partial charge in [-0.1, -0.05) is 59.7 Å². The molecule has 5 heteroatoms. The number of hydrogen-bond acceptors (Lipinski definition) is 5. The number of para-hydroxylation sites is 1. The Morgan fingerprint density at radius 3 is 1.78 bits per heavy atom. The Balaban J connectivity index is 2.33. The molecule has 0 aromatic heterocycles. The van der Waals surface area contributed by atoms with E-state index in [2.05, 4.69) is 0 Å². The average Bonchev–Trinajstić information content (AvgIpc) is 2.53. The lowest BCUT2D eigenvalue weighted by Crippen LogP contribution is -2.21. The highest BCUT2D eigenvalue weighted by Crippen LogP contribution is 2.39. The maximum Gasteiger partial charge on any atom is 0.521 e. The van der Waals surface area contributed by atoms with Gasteiger partial charge in [-0.3, -0.25) is 0 Å². The normalized spacial score (nSPS) is 11.8. The van der Waals surface area contributed by atoms with Gasteiger partial charge in [-0.25, -0.2) is 9.59 Å². The van der Waals surface area contributed by atoms with Crippen molar-refractivity contribution in [2.24, 2.45) is 0 Å². The summed E-state index contributed by atoms with van der Waals surface area (Å²) in [5.74, 6) is -0.392. The standard InChI is InChI=1S/C22H26O5/c1-21(2,3)16-12-14(13-17(18(16)23)22(4,5)6)19(24)27-20(25)26-15-10-8-7-9-11-15/h7-13,23H,1-6H3. The van der Waals surface area contributed by atoms with Gasteiger partial charge in [-0.2, -0.15) is 0 Å². The second kappa shape index (κ2) is 7.43. The molecule has 0 unspecified atom stereocenters. The first kappa shape index (κ1) is 20.5. The van der Waals surface area contributed by atoms with Gasteiger partial charge in [0.25, 0.3) is 0 Å². The van der Waals surface area contributed by atoms with Crippen molar-refractivity contribution in [1.82, 2.24) is 0 Å². The Hall–Kier alpha value is -2.82. The van der Waals surface area contributed by atoms with Gasteiger partial charge in [-0.05, 0) is 35.1 Å². The van der Waals surface area contributed by atoms with Gasteiger partial charge in [0.1, 0.15) is 11.5 Å². The van der Waals surface area contributed by atoms with E-state index in [1.807, 2.05) is 41.5 Å². The molecule has 144 valence electrons. The number of carbonyl (C=O) groups excluding carboxylic acids is 2. The van der Waals surface area contributed by atoms with Crippen molar-refractivity contribution in [2.45, 2.75) is 52.4 Å². The molecule has 2 aromatic carbocycles. The second-order valence-corrected chi connectivity index (χ2v) is 8.47. The van der Waals surface area contributed by atoms with Crippen LogP contribution in [0.15, 0.2) is 42.5 Å². The number of rotatable bonds is 2. The molecule has 1 N–H and O–H groups in total. The van der Waals surface area contributed by atoms with Crippen molar-refractivity contribution < 1.29 is 24.2 Å². The predicted octanol–water partition coefficient (Wildman–Crippen LogP) is 5.34. The summed E-state index contributed by atoms with van der Waals surface area (Å²) in [6.07, 6.45) is -1.10. The van der Waals surface area contributed by atoms with E-state index < -0.39 is 23.0 Å². The van der Waals surface area contributed by atoms with Gasteiger partial charge in [0.15, 0.2) is 0 Å². The molecule has 0 bridgehead atoms. The van der Waals surface area contributed by atoms with Crippen LogP contribution >= 0.6 is 0 Å². The molecule has 0 amide bonds. The minimum absolute atomic E-state index is 0.151. The maximum atomic E-state index is 12.5. The summed E-state index contributed by atoms with van der Waals surface area (Å²) in [7, 11) is 0. The van der Waals surface area contributed by atoms with Crippen LogP contribution in [0.3, 0.4) is 0 Å². The molecule has 0 spiro atoms. The summed E-state index contributed by atoms with van der Waals surface area (Å²) in [4.78, 5) is 24.4. The van der Waals surface area contributed by atoms with Gasteiger partial charge >= 0.3 is 12.1 Å². The summed E-state index contributed by atoms with van der Waals surface area (Å²) < 4.78 is 9.83. The zero-order chi connectivity index (χ0) is 20.4. The first-order valence-corrected chi connectivity index (χ1v) is 8.76. The molecule has 0 aliphatic carbocycles. The second-order valence-electron chi connectivity index (χ2n) is 8.47. The third-order valence-corrected chi connectivity index (χ3v) is 4.08. The molecule has 0 saturated heterocycles. The zero-order valence-corrected chi connectivity index (χ0v) is 16.6. The van der Waals surface area contributed by atoms with E-state index in [4.69, 9.17) is 9.47 Å². The van der Waals surface area contributed by atoms with Crippen LogP contribution in [-0.4, -0.2) is 17.2 Å². The third kappa shape index (κ3) is 5.09. The van der Waals surface area contributed by atoms with E-state index in [1.165, 1.54) is 0 Å². The average molecular weight is 370 g/mol. The van der Waals surface area contributed by atoms with Crippen molar-refractivity contribution in [1.29, 1.82) is 0 Å². The van der Waals surface area contributed by atoms with Crippen molar-refractivity contribution in [3.05, 3.63) is 59.2 Å². The molecule has 0 fully saturated rings. The smallest absolute Gasteiger partial charge is 0.507 e. The highest BCUT2D eigenvalue weighted by molar-refractivity contribution is 5.96. The lowest BCUT2D eigenvalue weighted by molar-refractivity contribution is 0.0529. The largest absolute Gasteiger partial charge is 0.521 e. The van der Waals surface area contributed by atoms with Crippen LogP contribution in [0.2, 0.25) is 0 Å². The fourth-order valence-corrected chi connectivity index (χ4v) is 2.64. The highest BCUT2D eigenvalue weighted by atomic mass is 16.7. The molecule has 0 atom stereocenters. The topological polar surface area (TPSA) is 72.8 Å². The lowest BCUT2D eigenvalue weighted by Gasteiger charge is -2.27. The Morgan fingerprint density at radius 1 is 0.852 bits per heavy atom. The number of carbonyl (C=O) groups is 2. The summed E-state index contributed by atoms with van der Waals surface area (Å²) in [5, 5.41) is 10.7. The van der Waals surface area contributed by atoms with Crippen LogP contribution in [0.4, 0.5) is 4.79 Å². The zero-order valence-electron chi connectivity index (χ0n) is 16.6. The van der Waals surface area contributed by atoms with Crippen LogP contribution in [0.5, 0.6) is 11.5 Å². The lowest BCUT2D eigenvalue weighted by atomic mass is 9.78. The molecule has 2 aromatic rings. The fourth-order valence-electron chi connectivity index (χ4n) is 2.64. The summed E-state index contributed by atoms with van der Waals surface area (Å²) in [5.41, 5.74) is 0.611. The molecular weight excluding hydrogens is 344 g/mol. The van der Waals surface area contributed by atoms with E-state index in [1.54, 1.807) is 42.5 Å². The van der Waals surface area contributed by atoms with Gasteiger partial charge in [0.2, 0.25) is 0 Å². The number of aromatic hydroxyl groups is 1. The third-order valence-electron chi connectivity index (χ3n) is 4.08. The number of benzene rings is 2. The summed E-state index contributed by atoms with van der Waals surface area (Å²) >= 11 is 0. The van der Waals surface area contributed by atoms with Crippen LogP contribution < -0.4 is 4.74 Å². The number of hydrogen-bond donors (Lipinski definition) is 1. The Kier molecular flexibility index (Phi) is 5.64. The van der Waals surface area contributed by atoms with Crippen molar-refractivity contribution in [2.75, 3.05) is 0 Å². The fraction of sp³-hybridized carbons (Fsp3) is 0.364. The monoisotopic (exact) mass is 370 g/mol. The highest BCUT2D eigenvalue weighted by Gasteiger charge is 2.28. The number of ether oxygens (including phenoxy) is 2. The van der Waals surface area contributed by atoms with Crippen LogP contribution in [-0.2, 0) is 15.6 Å². The molecule has 0 radical (unpaired) electrons. The number of esters is 1. The van der Waals surface area contributed by atoms with Gasteiger partial charge in [0, 0.05) is 11.1 Å². The van der Waals surface area contributed by atoms with E-state index in [0.717, 1.165) is 0 Å². The Morgan fingerprint density at radius 2 is 1.33 bits per heavy atom. The molecule has 0 aliphatic rings. The van der Waals surface area contributed by atoms with E-state index in [0.29, 0.717) is 11.1 Å². The summed E-state index contributed by atoms with van der Waals surface area (Å²) in [6.45, 7) is 11.6. The van der Waals surface area contributed by atoms with Crippen LogP contribution in [0, 0.1) is 0 Å². The SMILES string of the molecule is CC(C)(C)c1cc(C(=O)OC(=O)Oc2ccccc2)cc(C(C)(C)C)c1O. The van der Waals surface area contributed by atoms with Crippen molar-refractivity contribution >= 4 is 12.1 Å². The van der Waals surface area contributed by atoms with E-state index in [9.17, 15) is 14.7 Å². The maximum absolute atomic E-state index is 12.5. The van der Waals surface area contributed by atoms with Gasteiger partial charge < -0.3 is 14.6 Å². The molecule has 0 saturated carbocycles. The number of phenolic OH excluding ortho intramolecular Hbond substituents is 1. The predicted molar refractivity (Wildman–Crippen MR) is 103 cm³/mol. The van der Waals surface area contributed by atoms with Crippen LogP contribution in [0.1, 0.15) is 63.0 Å². The molecular formula is C22H26O5. The van der Waals surface area contributed by atoms with E-state index in [-0.39, 0.29) is 17.1 Å². The molecule has 0 aliphatic heterocycles. The molecule has 2 rings (SSSR count). The molecule has 27 heavy (non-hydrogen) atoms. The minimum atomic E-state index is -1.10. The molecule has 5 nitrogen and oxygen atoms in total. The van der Waals surface area contributed by atoms with Crippen molar-refractivity contribution in [3.8, 4) is 11.5 Å². The first-order chi connectivity index (χ1) is 12.4. The number of phenols is 1. The quantitative estimate of drug-likeness (QED) is 0.439. The Labute approximate surface area is 159 Å². The van der Waals surface area contributed by atoms with E-state index >= 15 is 0 Å². The van der Waals surface area contributed by atoms with Gasteiger partial charge in [-0.15, -0.1) is 0 Å². The first-order valence-electron chi connectivity index (χ1n) is 8.76. The molecule has 0 heterocycles. The minimum Gasteiger partial charge on any atom is -0.507 e. The van der Waals surface area contributed by atoms with Crippen molar-refractivity contribution in [3.63, 3.8) is 0 Å². The summed E-state index contributed by atoms with van der Waals surface area (Å²) in [6, 6.07) is 11.5. The van der Waals surface area contributed by atoms with Crippen LogP contribution in [0.25, 0.3) is 0 Å².